The van der Waals surface area contributed by atoms with Crippen LogP contribution in [0.3, 0.4) is 0 Å². The van der Waals surface area contributed by atoms with Crippen LogP contribution < -0.4 is 9.47 Å². The highest BCUT2D eigenvalue weighted by Crippen LogP contribution is 2.43. The zero-order chi connectivity index (χ0) is 21.5. The molecule has 0 radical (unpaired) electrons. The zero-order valence-corrected chi connectivity index (χ0v) is 18.1. The van der Waals surface area contributed by atoms with E-state index >= 15 is 0 Å². The molecule has 4 heteroatoms. The first-order valence-corrected chi connectivity index (χ1v) is 11.0. The van der Waals surface area contributed by atoms with Gasteiger partial charge >= 0.3 is 11.9 Å². The number of ether oxygens (including phenoxy) is 2. The predicted molar refractivity (Wildman–Crippen MR) is 121 cm³/mol. The number of benzene rings is 3. The summed E-state index contributed by atoms with van der Waals surface area (Å²) in [6, 6.07) is 13.7. The van der Waals surface area contributed by atoms with E-state index in [0.29, 0.717) is 24.3 Å². The highest BCUT2D eigenvalue weighted by Gasteiger charge is 2.20. The molecule has 30 heavy (non-hydrogen) atoms. The van der Waals surface area contributed by atoms with Crippen LogP contribution in [0.1, 0.15) is 64.9 Å². The Balaban J connectivity index is 2.20. The zero-order valence-electron chi connectivity index (χ0n) is 18.1. The van der Waals surface area contributed by atoms with Gasteiger partial charge in [0.2, 0.25) is 0 Å². The maximum Gasteiger partial charge on any atom is 0.311 e. The third-order valence-electron chi connectivity index (χ3n) is 5.30. The maximum absolute atomic E-state index is 12.5. The summed E-state index contributed by atoms with van der Waals surface area (Å²) in [7, 11) is 0. The van der Waals surface area contributed by atoms with Crippen LogP contribution in [-0.4, -0.2) is 11.9 Å². The number of hydrogen-bond donors (Lipinski definition) is 0. The Morgan fingerprint density at radius 3 is 1.70 bits per heavy atom. The molecule has 0 aliphatic carbocycles. The number of esters is 2. The van der Waals surface area contributed by atoms with Gasteiger partial charge in [-0.3, -0.25) is 9.59 Å². The molecule has 3 rings (SSSR count). The molecule has 0 saturated carbocycles. The van der Waals surface area contributed by atoms with Gasteiger partial charge in [0.05, 0.1) is 0 Å². The highest BCUT2D eigenvalue weighted by atomic mass is 16.5. The Morgan fingerprint density at radius 1 is 0.700 bits per heavy atom. The lowest BCUT2D eigenvalue weighted by Gasteiger charge is -2.17. The van der Waals surface area contributed by atoms with Gasteiger partial charge in [0.25, 0.3) is 0 Å². The monoisotopic (exact) mass is 406 g/mol. The fraction of sp³-hybridized carbons (Fsp3) is 0.385. The van der Waals surface area contributed by atoms with Gasteiger partial charge in [0.15, 0.2) is 0 Å². The van der Waals surface area contributed by atoms with Crippen molar-refractivity contribution < 1.29 is 19.1 Å². The maximum atomic E-state index is 12.5. The van der Waals surface area contributed by atoms with Crippen molar-refractivity contribution in [2.45, 2.75) is 65.7 Å². The molecule has 0 aliphatic rings. The van der Waals surface area contributed by atoms with Crippen LogP contribution in [0.5, 0.6) is 11.5 Å². The van der Waals surface area contributed by atoms with E-state index in [0.717, 1.165) is 59.2 Å². The minimum absolute atomic E-state index is 0.238. The molecule has 0 heterocycles. The van der Waals surface area contributed by atoms with Crippen LogP contribution in [0.25, 0.3) is 21.5 Å². The van der Waals surface area contributed by atoms with Crippen molar-refractivity contribution in [2.24, 2.45) is 0 Å². The van der Waals surface area contributed by atoms with Crippen molar-refractivity contribution in [1.82, 2.24) is 0 Å². The molecule has 0 spiro atoms. The smallest absolute Gasteiger partial charge is 0.311 e. The number of unbranched alkanes of at least 4 members (excludes halogenated alkanes) is 2. The summed E-state index contributed by atoms with van der Waals surface area (Å²) in [5.74, 6) is 0.608. The van der Waals surface area contributed by atoms with Crippen LogP contribution in [0.4, 0.5) is 0 Å². The van der Waals surface area contributed by atoms with E-state index in [-0.39, 0.29) is 11.9 Å². The van der Waals surface area contributed by atoms with Gasteiger partial charge in [-0.05, 0) is 30.9 Å². The van der Waals surface area contributed by atoms with Crippen LogP contribution >= 0.6 is 0 Å². The molecule has 4 nitrogen and oxygen atoms in total. The summed E-state index contributed by atoms with van der Waals surface area (Å²) < 4.78 is 11.7. The van der Waals surface area contributed by atoms with E-state index in [1.165, 1.54) is 0 Å². The normalized spacial score (nSPS) is 11.0. The number of rotatable bonds is 9. The van der Waals surface area contributed by atoms with Gasteiger partial charge in [-0.1, -0.05) is 70.0 Å². The molecule has 0 aromatic heterocycles. The quantitative estimate of drug-likeness (QED) is 0.224. The summed E-state index contributed by atoms with van der Waals surface area (Å²) in [5.41, 5.74) is 1.13. The largest absolute Gasteiger partial charge is 0.425 e. The van der Waals surface area contributed by atoms with E-state index in [1.54, 1.807) is 0 Å². The molecule has 0 atom stereocenters. The van der Waals surface area contributed by atoms with Gasteiger partial charge < -0.3 is 9.47 Å². The van der Waals surface area contributed by atoms with Gasteiger partial charge in [0.1, 0.15) is 11.5 Å². The molecular formula is C26H30O4. The topological polar surface area (TPSA) is 52.6 Å². The number of hydrogen-bond acceptors (Lipinski definition) is 4. The van der Waals surface area contributed by atoms with E-state index in [2.05, 4.69) is 6.92 Å². The molecule has 0 unspecified atom stereocenters. The van der Waals surface area contributed by atoms with Crippen molar-refractivity contribution in [2.75, 3.05) is 0 Å². The van der Waals surface area contributed by atoms with Crippen molar-refractivity contribution in [3.63, 3.8) is 0 Å². The fourth-order valence-electron chi connectivity index (χ4n) is 3.56. The molecule has 3 aromatic rings. The van der Waals surface area contributed by atoms with Gasteiger partial charge in [-0.2, -0.15) is 0 Å². The highest BCUT2D eigenvalue weighted by molar-refractivity contribution is 6.12. The van der Waals surface area contributed by atoms with E-state index in [4.69, 9.17) is 9.47 Å². The number of aryl methyl sites for hydroxylation is 1. The number of fused-ring (bicyclic) bond motifs is 2. The molecule has 0 fully saturated rings. The predicted octanol–water partition coefficient (Wildman–Crippen LogP) is 6.75. The minimum Gasteiger partial charge on any atom is -0.425 e. The molecule has 0 N–H and O–H groups in total. The van der Waals surface area contributed by atoms with Crippen LogP contribution in [-0.2, 0) is 16.0 Å². The average molecular weight is 407 g/mol. The lowest BCUT2D eigenvalue weighted by atomic mass is 9.98. The summed E-state index contributed by atoms with van der Waals surface area (Å²) in [5, 5.41) is 3.14. The summed E-state index contributed by atoms with van der Waals surface area (Å²) in [4.78, 5) is 24.9. The molecule has 3 aromatic carbocycles. The van der Waals surface area contributed by atoms with Crippen molar-refractivity contribution in [3.05, 3.63) is 48.0 Å². The molecule has 0 aliphatic heterocycles. The Bertz CT molecular complexity index is 1050. The van der Waals surface area contributed by atoms with Crippen LogP contribution in [0.15, 0.2) is 42.5 Å². The van der Waals surface area contributed by atoms with Crippen molar-refractivity contribution in [1.29, 1.82) is 0 Å². The number of carbonyl (C=O) groups excluding carboxylic acids is 2. The summed E-state index contributed by atoms with van der Waals surface area (Å²) in [6.07, 6.45) is 5.08. The standard InChI is InChI=1S/C26H30O4/c1-4-7-13-23(27)29-25-19-11-9-10-12-20(19)26(30-24(28)14-8-5-2)22-17-18(6-3)15-16-21(22)25/h9-12,15-17H,4-8,13-14H2,1-3H3. The Labute approximate surface area is 178 Å². The molecule has 0 saturated heterocycles. The van der Waals surface area contributed by atoms with Gasteiger partial charge in [-0.15, -0.1) is 0 Å². The van der Waals surface area contributed by atoms with Crippen LogP contribution in [0.2, 0.25) is 0 Å². The second-order valence-electron chi connectivity index (χ2n) is 7.59. The summed E-state index contributed by atoms with van der Waals surface area (Å²) >= 11 is 0. The van der Waals surface area contributed by atoms with E-state index in [1.807, 2.05) is 56.3 Å². The lowest BCUT2D eigenvalue weighted by molar-refractivity contribution is -0.135. The molecule has 0 amide bonds. The third-order valence-corrected chi connectivity index (χ3v) is 5.30. The first kappa shape index (κ1) is 21.8. The van der Waals surface area contributed by atoms with Gasteiger partial charge in [-0.25, -0.2) is 0 Å². The average Bonchev–Trinajstić information content (AvgIpc) is 2.77. The Hall–Kier alpha value is -2.88. The fourth-order valence-corrected chi connectivity index (χ4v) is 3.56. The Morgan fingerprint density at radius 2 is 1.20 bits per heavy atom. The van der Waals surface area contributed by atoms with Crippen LogP contribution in [0, 0.1) is 0 Å². The molecular weight excluding hydrogens is 376 g/mol. The van der Waals surface area contributed by atoms with Crippen molar-refractivity contribution in [3.8, 4) is 11.5 Å². The van der Waals surface area contributed by atoms with E-state index < -0.39 is 0 Å². The second kappa shape index (κ2) is 10.2. The lowest BCUT2D eigenvalue weighted by Crippen LogP contribution is -2.10. The minimum atomic E-state index is -0.240. The molecule has 0 bridgehead atoms. The number of carbonyl (C=O) groups is 2. The van der Waals surface area contributed by atoms with Crippen molar-refractivity contribution >= 4 is 33.5 Å². The third kappa shape index (κ3) is 4.81. The summed E-state index contributed by atoms with van der Waals surface area (Å²) in [6.45, 7) is 6.18. The Kier molecular flexibility index (Phi) is 7.45. The van der Waals surface area contributed by atoms with E-state index in [9.17, 15) is 9.59 Å². The first-order chi connectivity index (χ1) is 14.6. The SMILES string of the molecule is CCCCC(=O)Oc1c2ccccc2c(OC(=O)CCCC)c2cc(CC)ccc12. The first-order valence-electron chi connectivity index (χ1n) is 11.0. The second-order valence-corrected chi connectivity index (χ2v) is 7.59. The molecule has 158 valence electrons. The van der Waals surface area contributed by atoms with Gasteiger partial charge in [0, 0.05) is 34.4 Å².